The van der Waals surface area contributed by atoms with Crippen molar-refractivity contribution in [3.05, 3.63) is 48.9 Å². The minimum atomic E-state index is -6.00. The lowest BCUT2D eigenvalue weighted by atomic mass is 10.0. The van der Waals surface area contributed by atoms with Gasteiger partial charge >= 0.3 is 47.0 Å². The summed E-state index contributed by atoms with van der Waals surface area (Å²) >= 11 is 0. The minimum Gasteiger partial charge on any atom is -0.420 e. The van der Waals surface area contributed by atoms with Gasteiger partial charge in [0.25, 0.3) is 0 Å². The first kappa shape index (κ1) is 41.6. The van der Waals surface area contributed by atoms with Crippen LogP contribution in [-0.2, 0) is 64.9 Å². The predicted octanol–water partition coefficient (Wildman–Crippen LogP) is -3.26. The second-order valence-corrected chi connectivity index (χ2v) is 16.2. The van der Waals surface area contributed by atoms with E-state index in [1.54, 1.807) is 0 Å². The molecule has 2 saturated heterocycles. The third-order valence-electron chi connectivity index (χ3n) is 8.18. The van der Waals surface area contributed by atoms with E-state index in [9.17, 15) is 63.0 Å². The Bertz CT molecular complexity index is 2160. The summed E-state index contributed by atoms with van der Waals surface area (Å²) in [6.07, 6.45) is -4.41. The summed E-state index contributed by atoms with van der Waals surface area (Å²) in [5, 5.41) is 32.9. The van der Waals surface area contributed by atoms with Crippen molar-refractivity contribution in [1.82, 2.24) is 24.4 Å². The van der Waals surface area contributed by atoms with E-state index >= 15 is 0 Å². The van der Waals surface area contributed by atoms with Gasteiger partial charge in [0.05, 0.1) is 12.9 Å². The Labute approximate surface area is 310 Å². The molecule has 56 heavy (non-hydrogen) atoms. The van der Waals surface area contributed by atoms with Crippen LogP contribution in [0.4, 0.5) is 5.82 Å². The lowest BCUT2D eigenvalue weighted by Gasteiger charge is -2.39. The minimum absolute atomic E-state index is 0.115. The Morgan fingerprint density at radius 2 is 1.66 bits per heavy atom. The average Bonchev–Trinajstić information content (AvgIpc) is 3.72. The molecule has 10 atom stereocenters. The van der Waals surface area contributed by atoms with Crippen LogP contribution in [0.5, 0.6) is 0 Å². The maximum Gasteiger partial charge on any atom is 0.481 e. The van der Waals surface area contributed by atoms with Gasteiger partial charge in [0, 0.05) is 30.1 Å². The molecule has 4 aliphatic heterocycles. The topological polar surface area (TPSA) is 417 Å². The number of nitrogen functional groups attached to an aromatic ring is 1. The molecular weight excluding hydrogens is 827 g/mol. The van der Waals surface area contributed by atoms with E-state index < -0.39 is 103 Å². The van der Waals surface area contributed by atoms with Crippen molar-refractivity contribution in [2.75, 3.05) is 18.9 Å². The Hall–Kier alpha value is -4.05. The number of amides is 1. The van der Waals surface area contributed by atoms with E-state index in [1.165, 1.54) is 23.4 Å². The van der Waals surface area contributed by atoms with Crippen molar-refractivity contribution in [2.45, 2.75) is 54.9 Å². The van der Waals surface area contributed by atoms with Crippen LogP contribution in [0.15, 0.2) is 48.9 Å². The fourth-order valence-corrected chi connectivity index (χ4v) is 8.36. The van der Waals surface area contributed by atoms with Crippen molar-refractivity contribution >= 4 is 58.3 Å². The molecule has 4 aliphatic rings. The molecule has 11 N–H and O–H groups in total. The first-order chi connectivity index (χ1) is 26.0. The molecule has 306 valence electrons. The van der Waals surface area contributed by atoms with Gasteiger partial charge in [-0.05, 0) is 6.42 Å². The van der Waals surface area contributed by atoms with E-state index in [0.717, 1.165) is 17.2 Å². The molecule has 6 rings (SSSR count). The monoisotopic (exact) mass is 857 g/mol. The highest BCUT2D eigenvalue weighted by Gasteiger charge is 2.75. The number of esters is 2. The van der Waals surface area contributed by atoms with Crippen molar-refractivity contribution in [3.63, 3.8) is 0 Å². The van der Waals surface area contributed by atoms with Gasteiger partial charge in [-0.1, -0.05) is 6.08 Å². The first-order valence-corrected chi connectivity index (χ1v) is 19.9. The van der Waals surface area contributed by atoms with Crippen LogP contribution in [0.3, 0.4) is 0 Å². The van der Waals surface area contributed by atoms with E-state index in [4.69, 9.17) is 39.5 Å². The number of carbonyl (C=O) groups is 3. The number of nitrogens with two attached hydrogens (primary N) is 2. The Morgan fingerprint density at radius 1 is 0.982 bits per heavy atom. The molecule has 2 unspecified atom stereocenters. The molecule has 0 aromatic carbocycles. The van der Waals surface area contributed by atoms with Crippen molar-refractivity contribution in [2.24, 2.45) is 5.73 Å². The number of hydrogen-bond acceptors (Lipinski definition) is 22. The largest absolute Gasteiger partial charge is 0.481 e. The summed E-state index contributed by atoms with van der Waals surface area (Å²) < 4.78 is 78.5. The molecule has 0 spiro atoms. The third-order valence-corrected chi connectivity index (χ3v) is 11.3. The molecule has 0 bridgehead atoms. The zero-order chi connectivity index (χ0) is 41.0. The predicted molar refractivity (Wildman–Crippen MR) is 172 cm³/mol. The third kappa shape index (κ3) is 8.32. The van der Waals surface area contributed by atoms with Gasteiger partial charge < -0.3 is 70.2 Å². The van der Waals surface area contributed by atoms with Gasteiger partial charge in [-0.3, -0.25) is 22.9 Å². The van der Waals surface area contributed by atoms with Crippen LogP contribution in [0.1, 0.15) is 12.6 Å². The van der Waals surface area contributed by atoms with Crippen molar-refractivity contribution in [3.8, 4) is 0 Å². The van der Waals surface area contributed by atoms with Gasteiger partial charge in [-0.15, -0.1) is 0 Å². The van der Waals surface area contributed by atoms with Crippen molar-refractivity contribution < 1.29 is 99.8 Å². The van der Waals surface area contributed by atoms with Crippen LogP contribution >= 0.6 is 23.5 Å². The summed E-state index contributed by atoms with van der Waals surface area (Å²) in [6, 6.07) is 0. The molecule has 0 radical (unpaired) electrons. The van der Waals surface area contributed by atoms with Crippen LogP contribution < -0.4 is 11.5 Å². The molecule has 1 amide bonds. The molecule has 28 nitrogen and oxygen atoms in total. The van der Waals surface area contributed by atoms with Gasteiger partial charge in [0.2, 0.25) is 5.91 Å². The van der Waals surface area contributed by atoms with E-state index in [1.807, 2.05) is 0 Å². The molecule has 31 heteroatoms. The number of primary amides is 1. The number of carbonyl (C=O) groups excluding carboxylic acids is 3. The molecule has 6 heterocycles. The van der Waals surface area contributed by atoms with Gasteiger partial charge in [0.15, 0.2) is 30.0 Å². The summed E-state index contributed by atoms with van der Waals surface area (Å²) in [5.41, 5.74) is 10.8. The van der Waals surface area contributed by atoms with E-state index in [-0.39, 0.29) is 29.0 Å². The summed E-state index contributed by atoms with van der Waals surface area (Å²) in [5.74, 6) is -11.3. The number of anilines is 1. The highest BCUT2D eigenvalue weighted by molar-refractivity contribution is 7.61. The summed E-state index contributed by atoms with van der Waals surface area (Å²) in [7, 11) is -17.5. The fraction of sp³-hybridized carbons (Fsp3) is 0.440. The van der Waals surface area contributed by atoms with Crippen LogP contribution in [0.25, 0.3) is 11.2 Å². The van der Waals surface area contributed by atoms with Gasteiger partial charge in [0.1, 0.15) is 36.8 Å². The molecule has 2 aromatic rings. The smallest absolute Gasteiger partial charge is 0.420 e. The number of phosphoric acid groups is 3. The number of aliphatic hydroxyl groups excluding tert-OH is 2. The number of fused-ring (bicyclic) bond motifs is 2. The number of nitrogens with zero attached hydrogens (tertiary/aromatic N) is 5. The number of phosphoric ester groups is 3. The van der Waals surface area contributed by atoms with E-state index in [0.29, 0.717) is 12.2 Å². The molecule has 2 aromatic heterocycles. The molecule has 0 aliphatic carbocycles. The maximum absolute atomic E-state index is 13.1. The second-order valence-electron chi connectivity index (χ2n) is 11.9. The molecule has 0 saturated carbocycles. The van der Waals surface area contributed by atoms with Crippen molar-refractivity contribution in [1.29, 1.82) is 0 Å². The Balaban J connectivity index is 1.23. The van der Waals surface area contributed by atoms with Crippen LogP contribution in [0, 0.1) is 0 Å². The number of allylic oxidation sites excluding steroid dienone is 1. The van der Waals surface area contributed by atoms with Gasteiger partial charge in [-0.2, -0.15) is 4.31 Å². The van der Waals surface area contributed by atoms with Gasteiger partial charge in [-0.25, -0.2) is 38.2 Å². The Morgan fingerprint density at radius 3 is 2.34 bits per heavy atom. The first-order valence-electron chi connectivity index (χ1n) is 15.4. The number of aromatic nitrogens is 4. The fourth-order valence-electron chi connectivity index (χ4n) is 5.73. The van der Waals surface area contributed by atoms with Crippen LogP contribution in [0.2, 0.25) is 0 Å². The zero-order valence-corrected chi connectivity index (χ0v) is 30.4. The maximum atomic E-state index is 13.1. The number of hydrogen-bond donors (Lipinski definition) is 9. The number of rotatable bonds is 13. The lowest BCUT2D eigenvalue weighted by molar-refractivity contribution is -0.355. The van der Waals surface area contributed by atoms with E-state index in [2.05, 4.69) is 23.8 Å². The molecular formula is C25H30N7O21P3. The highest BCUT2D eigenvalue weighted by atomic mass is 31.3. The number of imidazole rings is 1. The standard InChI is InChI=1S/C25H30N7O21P3/c26-19-15-21(29-9-28-19)32(10-30-15)23-18(52-54(39,40)41)25(38)24(51-23,49-13(33)3-4-14(34)50-25)8-47-56(44,45)53-55(42,43)46-7-12-16(35)17(36)22(48-12)31-5-1-2-11(6-31)20(27)37/h1,3-6,9-10,12,16-18,22-23,35-36,38H,2,7-8H2,(H2,27,37)(H,42,43)(H,44,45)(H2,26,28,29)(H2,39,40,41)/b4-3+/t12-,16-,17-,18-,22-,23-,24+,25-/m1/s1. The lowest BCUT2D eigenvalue weighted by Crippen LogP contribution is -2.63. The Kier molecular flexibility index (Phi) is 11.2. The summed E-state index contributed by atoms with van der Waals surface area (Å²) in [6.45, 7) is -2.90. The van der Waals surface area contributed by atoms with Crippen LogP contribution in [-0.4, -0.2) is 133 Å². The summed E-state index contributed by atoms with van der Waals surface area (Å²) in [4.78, 5) is 90.0. The highest BCUT2D eigenvalue weighted by Crippen LogP contribution is 2.62. The zero-order valence-electron chi connectivity index (χ0n) is 27.7. The number of ether oxygens (including phenoxy) is 4. The average molecular weight is 857 g/mol. The number of aliphatic hydroxyl groups is 3. The normalized spacial score (nSPS) is 33.4. The molecule has 2 fully saturated rings. The second kappa shape index (κ2) is 15.0. The quantitative estimate of drug-likeness (QED) is 0.0705. The SMILES string of the molecule is NC(=O)C1=CN([C@@H]2O[C@H](COP(=O)(O)OP(=O)(O)OC[C@@]34OC(=O)/C=C/C(=O)O[C@]3(O)[C@H](OP(=O)(O)O)[C@H](n3cnc5c(N)ncnc53)O4)[C@@H](O)[C@H]2O)C=CC1.